The van der Waals surface area contributed by atoms with Crippen LogP contribution in [0.4, 0.5) is 5.69 Å². The second kappa shape index (κ2) is 5.74. The van der Waals surface area contributed by atoms with E-state index in [0.717, 1.165) is 17.3 Å². The van der Waals surface area contributed by atoms with E-state index in [1.807, 2.05) is 30.3 Å². The molecule has 0 aliphatic heterocycles. The number of methoxy groups -OCH3 is 1. The summed E-state index contributed by atoms with van der Waals surface area (Å²) in [4.78, 5) is 4.14. The third kappa shape index (κ3) is 3.14. The van der Waals surface area contributed by atoms with Crippen molar-refractivity contribution in [1.29, 1.82) is 0 Å². The second-order valence-electron chi connectivity index (χ2n) is 4.01. The Labute approximate surface area is 112 Å². The molecular formula is C14H15ClN2O. The molecule has 4 heteroatoms. The molecule has 0 saturated carbocycles. The summed E-state index contributed by atoms with van der Waals surface area (Å²) in [5, 5.41) is 4.08. The van der Waals surface area contributed by atoms with Crippen LogP contribution < -0.4 is 10.1 Å². The molecule has 1 heterocycles. The molecule has 0 atom stereocenters. The lowest BCUT2D eigenvalue weighted by Crippen LogP contribution is -2.01. The first-order valence-electron chi connectivity index (χ1n) is 5.68. The Morgan fingerprint density at radius 1 is 1.28 bits per heavy atom. The normalized spacial score (nSPS) is 10.2. The highest BCUT2D eigenvalue weighted by Gasteiger charge is 2.00. The molecular weight excluding hydrogens is 248 g/mol. The number of nitrogens with one attached hydrogen (secondary N) is 1. The molecule has 3 nitrogen and oxygen atoms in total. The molecule has 1 N–H and O–H groups in total. The Kier molecular flexibility index (Phi) is 4.05. The SMILES string of the molecule is COc1ccc(NCc2ccc(Cl)cc2C)cn1. The summed E-state index contributed by atoms with van der Waals surface area (Å²) >= 11 is 5.92. The van der Waals surface area contributed by atoms with E-state index in [4.69, 9.17) is 16.3 Å². The topological polar surface area (TPSA) is 34.1 Å². The number of nitrogens with zero attached hydrogens (tertiary/aromatic N) is 1. The van der Waals surface area contributed by atoms with Gasteiger partial charge in [0.2, 0.25) is 5.88 Å². The Hall–Kier alpha value is -1.74. The quantitative estimate of drug-likeness (QED) is 0.913. The molecule has 2 aromatic rings. The van der Waals surface area contributed by atoms with Crippen LogP contribution in [0, 0.1) is 6.92 Å². The van der Waals surface area contributed by atoms with E-state index < -0.39 is 0 Å². The predicted molar refractivity (Wildman–Crippen MR) is 74.3 cm³/mol. The van der Waals surface area contributed by atoms with Gasteiger partial charge in [0, 0.05) is 17.6 Å². The molecule has 1 aromatic heterocycles. The van der Waals surface area contributed by atoms with Gasteiger partial charge in [0.15, 0.2) is 0 Å². The third-order valence-corrected chi connectivity index (χ3v) is 2.97. The zero-order chi connectivity index (χ0) is 13.0. The predicted octanol–water partition coefficient (Wildman–Crippen LogP) is 3.66. The van der Waals surface area contributed by atoms with Crippen LogP contribution >= 0.6 is 11.6 Å². The molecule has 0 bridgehead atoms. The number of ether oxygens (including phenoxy) is 1. The summed E-state index contributed by atoms with van der Waals surface area (Å²) in [5.41, 5.74) is 3.36. The second-order valence-corrected chi connectivity index (χ2v) is 4.45. The molecule has 0 spiro atoms. The van der Waals surface area contributed by atoms with Gasteiger partial charge in [0.25, 0.3) is 0 Å². The maximum absolute atomic E-state index is 5.92. The highest BCUT2D eigenvalue weighted by molar-refractivity contribution is 6.30. The molecule has 1 aromatic carbocycles. The molecule has 2 rings (SSSR count). The number of benzene rings is 1. The van der Waals surface area contributed by atoms with Gasteiger partial charge in [-0.15, -0.1) is 0 Å². The number of hydrogen-bond acceptors (Lipinski definition) is 3. The highest BCUT2D eigenvalue weighted by atomic mass is 35.5. The van der Waals surface area contributed by atoms with Crippen molar-refractivity contribution in [2.45, 2.75) is 13.5 Å². The lowest BCUT2D eigenvalue weighted by atomic mass is 10.1. The van der Waals surface area contributed by atoms with Crippen molar-refractivity contribution >= 4 is 17.3 Å². The number of aryl methyl sites for hydroxylation is 1. The molecule has 0 amide bonds. The number of hydrogen-bond donors (Lipinski definition) is 1. The lowest BCUT2D eigenvalue weighted by molar-refractivity contribution is 0.398. The smallest absolute Gasteiger partial charge is 0.213 e. The van der Waals surface area contributed by atoms with Gasteiger partial charge < -0.3 is 10.1 Å². The van der Waals surface area contributed by atoms with E-state index in [1.54, 1.807) is 13.3 Å². The van der Waals surface area contributed by atoms with Crippen LogP contribution in [0.25, 0.3) is 0 Å². The van der Waals surface area contributed by atoms with Crippen LogP contribution in [0.5, 0.6) is 5.88 Å². The first kappa shape index (κ1) is 12.7. The highest BCUT2D eigenvalue weighted by Crippen LogP contribution is 2.17. The zero-order valence-corrected chi connectivity index (χ0v) is 11.2. The monoisotopic (exact) mass is 262 g/mol. The Morgan fingerprint density at radius 2 is 2.11 bits per heavy atom. The molecule has 0 fully saturated rings. The van der Waals surface area contributed by atoms with Crippen molar-refractivity contribution in [3.8, 4) is 5.88 Å². The summed E-state index contributed by atoms with van der Waals surface area (Å²) in [5.74, 6) is 0.614. The fraction of sp³-hybridized carbons (Fsp3) is 0.214. The maximum atomic E-state index is 5.92. The molecule has 94 valence electrons. The molecule has 0 saturated heterocycles. The van der Waals surface area contributed by atoms with Crippen molar-refractivity contribution in [3.05, 3.63) is 52.7 Å². The van der Waals surface area contributed by atoms with Crippen molar-refractivity contribution < 1.29 is 4.74 Å². The molecule has 0 aliphatic rings. The largest absolute Gasteiger partial charge is 0.481 e. The summed E-state index contributed by atoms with van der Waals surface area (Å²) in [6.45, 7) is 2.80. The molecule has 18 heavy (non-hydrogen) atoms. The fourth-order valence-corrected chi connectivity index (χ4v) is 1.89. The van der Waals surface area contributed by atoms with E-state index >= 15 is 0 Å². The van der Waals surface area contributed by atoms with E-state index in [9.17, 15) is 0 Å². The molecule has 0 aliphatic carbocycles. The van der Waals surface area contributed by atoms with E-state index in [-0.39, 0.29) is 0 Å². The summed E-state index contributed by atoms with van der Waals surface area (Å²) in [6, 6.07) is 9.67. The lowest BCUT2D eigenvalue weighted by Gasteiger charge is -2.09. The van der Waals surface area contributed by atoms with Gasteiger partial charge in [-0.05, 0) is 36.2 Å². The molecule has 0 unspecified atom stereocenters. The van der Waals surface area contributed by atoms with Gasteiger partial charge in [-0.1, -0.05) is 17.7 Å². The van der Waals surface area contributed by atoms with Gasteiger partial charge in [-0.2, -0.15) is 0 Å². The number of pyridine rings is 1. The van der Waals surface area contributed by atoms with E-state index in [2.05, 4.69) is 17.2 Å². The van der Waals surface area contributed by atoms with Gasteiger partial charge >= 0.3 is 0 Å². The fourth-order valence-electron chi connectivity index (χ4n) is 1.66. The van der Waals surface area contributed by atoms with Crippen molar-refractivity contribution in [1.82, 2.24) is 4.98 Å². The number of anilines is 1. The van der Waals surface area contributed by atoms with Gasteiger partial charge in [-0.25, -0.2) is 4.98 Å². The van der Waals surface area contributed by atoms with Gasteiger partial charge in [0.1, 0.15) is 0 Å². The Morgan fingerprint density at radius 3 is 2.72 bits per heavy atom. The van der Waals surface area contributed by atoms with Crippen molar-refractivity contribution in [2.75, 3.05) is 12.4 Å². The van der Waals surface area contributed by atoms with E-state index in [1.165, 1.54) is 11.1 Å². The zero-order valence-electron chi connectivity index (χ0n) is 10.4. The van der Waals surface area contributed by atoms with Crippen molar-refractivity contribution in [2.24, 2.45) is 0 Å². The van der Waals surface area contributed by atoms with Crippen LogP contribution in [0.2, 0.25) is 5.02 Å². The number of halogens is 1. The van der Waals surface area contributed by atoms with Crippen LogP contribution in [-0.2, 0) is 6.54 Å². The van der Waals surface area contributed by atoms with Gasteiger partial charge in [0.05, 0.1) is 19.0 Å². The van der Waals surface area contributed by atoms with Crippen LogP contribution in [0.15, 0.2) is 36.5 Å². The summed E-state index contributed by atoms with van der Waals surface area (Å²) < 4.78 is 5.01. The number of rotatable bonds is 4. The van der Waals surface area contributed by atoms with Crippen LogP contribution in [0.3, 0.4) is 0 Å². The number of aromatic nitrogens is 1. The van der Waals surface area contributed by atoms with Crippen molar-refractivity contribution in [3.63, 3.8) is 0 Å². The van der Waals surface area contributed by atoms with Crippen LogP contribution in [0.1, 0.15) is 11.1 Å². The van der Waals surface area contributed by atoms with E-state index in [0.29, 0.717) is 5.88 Å². The minimum absolute atomic E-state index is 0.614. The third-order valence-electron chi connectivity index (χ3n) is 2.73. The minimum Gasteiger partial charge on any atom is -0.481 e. The average molecular weight is 263 g/mol. The van der Waals surface area contributed by atoms with Crippen LogP contribution in [-0.4, -0.2) is 12.1 Å². The Bertz CT molecular complexity index is 526. The average Bonchev–Trinajstić information content (AvgIpc) is 2.38. The first-order valence-corrected chi connectivity index (χ1v) is 6.06. The Balaban J connectivity index is 2.02. The maximum Gasteiger partial charge on any atom is 0.213 e. The standard InChI is InChI=1S/C14H15ClN2O/c1-10-7-12(15)4-3-11(10)8-16-13-5-6-14(18-2)17-9-13/h3-7,9,16H,8H2,1-2H3. The van der Waals surface area contributed by atoms with Gasteiger partial charge in [-0.3, -0.25) is 0 Å². The molecule has 0 radical (unpaired) electrons. The summed E-state index contributed by atoms with van der Waals surface area (Å²) in [6.07, 6.45) is 1.75. The minimum atomic E-state index is 0.614. The summed E-state index contributed by atoms with van der Waals surface area (Å²) in [7, 11) is 1.60. The first-order chi connectivity index (χ1) is 8.69.